The average molecular weight is 249 g/mol. The molecule has 0 heterocycles. The summed E-state index contributed by atoms with van der Waals surface area (Å²) in [7, 11) is 0. The van der Waals surface area contributed by atoms with Crippen LogP contribution in [0.15, 0.2) is 0 Å². The third-order valence-electron chi connectivity index (χ3n) is 5.48. The highest BCUT2D eigenvalue weighted by molar-refractivity contribution is 5.16. The van der Waals surface area contributed by atoms with Gasteiger partial charge in [0.05, 0.1) is 17.1 Å². The van der Waals surface area contributed by atoms with Crippen molar-refractivity contribution >= 4 is 0 Å². The van der Waals surface area contributed by atoms with Crippen LogP contribution in [0.2, 0.25) is 0 Å². The Morgan fingerprint density at radius 3 is 2.28 bits per heavy atom. The van der Waals surface area contributed by atoms with Crippen LogP contribution in [0.4, 0.5) is 0 Å². The molecular weight excluding hydrogens is 222 g/mol. The molecule has 4 unspecified atom stereocenters. The summed E-state index contributed by atoms with van der Waals surface area (Å²) in [5, 5.41) is 20.9. The minimum absolute atomic E-state index is 0.462. The lowest BCUT2D eigenvalue weighted by atomic mass is 9.60. The van der Waals surface area contributed by atoms with Gasteiger partial charge in [0, 0.05) is 0 Å². The van der Waals surface area contributed by atoms with Crippen molar-refractivity contribution in [2.24, 2.45) is 23.2 Å². The van der Waals surface area contributed by atoms with E-state index >= 15 is 0 Å². The summed E-state index contributed by atoms with van der Waals surface area (Å²) in [4.78, 5) is 0. The summed E-state index contributed by atoms with van der Waals surface area (Å²) < 4.78 is 0. The first-order chi connectivity index (χ1) is 8.44. The molecular formula is C16H27NO. The van der Waals surface area contributed by atoms with Crippen molar-refractivity contribution in [2.45, 2.75) is 71.3 Å². The van der Waals surface area contributed by atoms with Crippen LogP contribution in [0.25, 0.3) is 0 Å². The second kappa shape index (κ2) is 4.85. The number of rotatable bonds is 2. The molecule has 0 aromatic heterocycles. The largest absolute Gasteiger partial charge is 0.388 e. The number of nitrogens with zero attached hydrogens (tertiary/aromatic N) is 1. The first-order valence-corrected chi connectivity index (χ1v) is 7.58. The lowest BCUT2D eigenvalue weighted by molar-refractivity contribution is -0.106. The number of nitriles is 1. The van der Waals surface area contributed by atoms with Crippen molar-refractivity contribution < 1.29 is 5.11 Å². The van der Waals surface area contributed by atoms with E-state index in [1.807, 2.05) is 0 Å². The second-order valence-corrected chi connectivity index (χ2v) is 7.10. The molecule has 18 heavy (non-hydrogen) atoms. The quantitative estimate of drug-likeness (QED) is 0.806. The molecule has 0 radical (unpaired) electrons. The van der Waals surface area contributed by atoms with Gasteiger partial charge in [0.1, 0.15) is 0 Å². The van der Waals surface area contributed by atoms with Crippen molar-refractivity contribution in [3.63, 3.8) is 0 Å². The molecule has 2 aliphatic carbocycles. The summed E-state index contributed by atoms with van der Waals surface area (Å²) in [5.41, 5.74) is -1.20. The van der Waals surface area contributed by atoms with Crippen molar-refractivity contribution in [1.82, 2.24) is 0 Å². The fourth-order valence-electron chi connectivity index (χ4n) is 4.60. The highest BCUT2D eigenvalue weighted by atomic mass is 16.3. The Morgan fingerprint density at radius 1 is 1.22 bits per heavy atom. The minimum Gasteiger partial charge on any atom is -0.388 e. The summed E-state index contributed by atoms with van der Waals surface area (Å²) in [6, 6.07) is 2.54. The van der Waals surface area contributed by atoms with Gasteiger partial charge in [-0.05, 0) is 56.3 Å². The molecule has 4 atom stereocenters. The van der Waals surface area contributed by atoms with Gasteiger partial charge in [-0.15, -0.1) is 0 Å². The highest BCUT2D eigenvalue weighted by Crippen LogP contribution is 2.55. The second-order valence-electron chi connectivity index (χ2n) is 7.10. The normalized spacial score (nSPS) is 48.9. The van der Waals surface area contributed by atoms with E-state index in [9.17, 15) is 10.4 Å². The van der Waals surface area contributed by atoms with Crippen molar-refractivity contribution in [2.75, 3.05) is 0 Å². The van der Waals surface area contributed by atoms with Crippen LogP contribution < -0.4 is 0 Å². The van der Waals surface area contributed by atoms with Crippen LogP contribution in [0.1, 0.15) is 65.7 Å². The third kappa shape index (κ3) is 2.18. The summed E-state index contributed by atoms with van der Waals surface area (Å²) in [5.74, 6) is 1.73. The molecule has 0 aliphatic heterocycles. The average Bonchev–Trinajstić information content (AvgIpc) is 2.72. The van der Waals surface area contributed by atoms with Crippen molar-refractivity contribution in [1.29, 1.82) is 5.26 Å². The third-order valence-corrected chi connectivity index (χ3v) is 5.48. The molecule has 2 aliphatic rings. The van der Waals surface area contributed by atoms with Crippen LogP contribution in [-0.4, -0.2) is 10.7 Å². The van der Waals surface area contributed by atoms with Crippen LogP contribution >= 0.6 is 0 Å². The summed E-state index contributed by atoms with van der Waals surface area (Å²) >= 11 is 0. The molecule has 0 bridgehead atoms. The first-order valence-electron chi connectivity index (χ1n) is 7.58. The molecule has 0 spiro atoms. The molecule has 0 aromatic rings. The number of hydrogen-bond donors (Lipinski definition) is 1. The molecule has 2 rings (SSSR count). The number of aliphatic hydroxyl groups is 1. The van der Waals surface area contributed by atoms with Crippen LogP contribution in [-0.2, 0) is 0 Å². The Kier molecular flexibility index (Phi) is 3.74. The van der Waals surface area contributed by atoms with Gasteiger partial charge >= 0.3 is 0 Å². The van der Waals surface area contributed by atoms with Crippen LogP contribution in [0.5, 0.6) is 0 Å². The van der Waals surface area contributed by atoms with E-state index in [4.69, 9.17) is 0 Å². The Balaban J connectivity index is 2.24. The maximum absolute atomic E-state index is 11.2. The molecule has 102 valence electrons. The van der Waals surface area contributed by atoms with E-state index in [1.54, 1.807) is 0 Å². The van der Waals surface area contributed by atoms with Crippen LogP contribution in [0, 0.1) is 34.5 Å². The molecule has 2 nitrogen and oxygen atoms in total. The molecule has 2 saturated carbocycles. The molecule has 0 amide bonds. The van der Waals surface area contributed by atoms with E-state index in [1.165, 1.54) is 6.42 Å². The van der Waals surface area contributed by atoms with E-state index < -0.39 is 11.0 Å². The predicted octanol–water partition coefficient (Wildman–Crippen LogP) is 3.89. The van der Waals surface area contributed by atoms with Gasteiger partial charge in [0.15, 0.2) is 0 Å². The van der Waals surface area contributed by atoms with Crippen molar-refractivity contribution in [3.05, 3.63) is 0 Å². The van der Waals surface area contributed by atoms with E-state index in [2.05, 4.69) is 26.8 Å². The Labute approximate surface area is 111 Å². The van der Waals surface area contributed by atoms with Gasteiger partial charge in [0.25, 0.3) is 0 Å². The zero-order valence-corrected chi connectivity index (χ0v) is 12.1. The van der Waals surface area contributed by atoms with Gasteiger partial charge in [-0.1, -0.05) is 27.2 Å². The lowest BCUT2D eigenvalue weighted by Crippen LogP contribution is -2.51. The van der Waals surface area contributed by atoms with Crippen LogP contribution in [0.3, 0.4) is 0 Å². The zero-order chi connectivity index (χ0) is 13.4. The summed E-state index contributed by atoms with van der Waals surface area (Å²) in [6.07, 6.45) is 6.91. The minimum atomic E-state index is -0.733. The standard InChI is InChI=1S/C16H27NO/c1-4-14-5-6-15(10-14,11-17)16(18)8-12(2)7-13(3)9-16/h12-14,18H,4-10H2,1-3H3. The van der Waals surface area contributed by atoms with E-state index in [-0.39, 0.29) is 0 Å². The first kappa shape index (κ1) is 13.9. The Morgan fingerprint density at radius 2 is 1.83 bits per heavy atom. The highest BCUT2D eigenvalue weighted by Gasteiger charge is 2.56. The zero-order valence-electron chi connectivity index (χ0n) is 12.1. The van der Waals surface area contributed by atoms with Gasteiger partial charge < -0.3 is 5.11 Å². The Bertz CT molecular complexity index is 335. The lowest BCUT2D eigenvalue weighted by Gasteiger charge is -2.47. The molecule has 0 saturated heterocycles. The van der Waals surface area contributed by atoms with E-state index in [0.29, 0.717) is 17.8 Å². The molecule has 1 N–H and O–H groups in total. The monoisotopic (exact) mass is 249 g/mol. The maximum atomic E-state index is 11.2. The molecule has 0 aromatic carbocycles. The maximum Gasteiger partial charge on any atom is 0.0863 e. The smallest absolute Gasteiger partial charge is 0.0863 e. The van der Waals surface area contributed by atoms with E-state index in [0.717, 1.165) is 38.5 Å². The fourth-order valence-corrected chi connectivity index (χ4v) is 4.60. The van der Waals surface area contributed by atoms with Gasteiger partial charge in [0.2, 0.25) is 0 Å². The van der Waals surface area contributed by atoms with Gasteiger partial charge in [-0.25, -0.2) is 0 Å². The van der Waals surface area contributed by atoms with Gasteiger partial charge in [-0.3, -0.25) is 0 Å². The number of hydrogen-bond acceptors (Lipinski definition) is 2. The topological polar surface area (TPSA) is 44.0 Å². The molecule has 2 fully saturated rings. The van der Waals surface area contributed by atoms with Crippen molar-refractivity contribution in [3.8, 4) is 6.07 Å². The fraction of sp³-hybridized carbons (Fsp3) is 0.938. The Hall–Kier alpha value is -0.550. The predicted molar refractivity (Wildman–Crippen MR) is 72.8 cm³/mol. The SMILES string of the molecule is CCC1CCC(C#N)(C2(O)CC(C)CC(C)C2)C1. The van der Waals surface area contributed by atoms with Gasteiger partial charge in [-0.2, -0.15) is 5.26 Å². The summed E-state index contributed by atoms with van der Waals surface area (Å²) in [6.45, 7) is 6.64. The molecule has 2 heteroatoms.